The summed E-state index contributed by atoms with van der Waals surface area (Å²) in [5, 5.41) is 5.84. The number of hydrogen-bond donors (Lipinski definition) is 2. The molecule has 0 saturated carbocycles. The zero-order valence-corrected chi connectivity index (χ0v) is 14.3. The lowest BCUT2D eigenvalue weighted by Gasteiger charge is -2.09. The van der Waals surface area contributed by atoms with E-state index in [0.717, 1.165) is 11.5 Å². The highest BCUT2D eigenvalue weighted by Gasteiger charge is 2.04. The highest BCUT2D eigenvalue weighted by molar-refractivity contribution is 5.76. The molecule has 0 aliphatic carbocycles. The summed E-state index contributed by atoms with van der Waals surface area (Å²) < 4.78 is 24.1. The van der Waals surface area contributed by atoms with E-state index in [1.807, 2.05) is 24.3 Å². The van der Waals surface area contributed by atoms with E-state index >= 15 is 0 Å². The Morgan fingerprint density at radius 3 is 2.48 bits per heavy atom. The quantitative estimate of drug-likeness (QED) is 0.649. The molecule has 0 aliphatic rings. The van der Waals surface area contributed by atoms with E-state index in [-0.39, 0.29) is 18.3 Å². The predicted molar refractivity (Wildman–Crippen MR) is 94.2 cm³/mol. The van der Waals surface area contributed by atoms with Crippen LogP contribution in [-0.4, -0.2) is 32.7 Å². The van der Waals surface area contributed by atoms with Crippen molar-refractivity contribution in [2.45, 2.75) is 13.0 Å². The molecule has 0 aromatic heterocycles. The molecule has 25 heavy (non-hydrogen) atoms. The van der Waals surface area contributed by atoms with Gasteiger partial charge in [0.15, 0.2) is 0 Å². The van der Waals surface area contributed by atoms with Gasteiger partial charge in [0.1, 0.15) is 23.9 Å². The van der Waals surface area contributed by atoms with Crippen LogP contribution in [0.25, 0.3) is 0 Å². The second-order valence-corrected chi connectivity index (χ2v) is 5.39. The minimum Gasteiger partial charge on any atom is -0.497 e. The molecule has 6 heteroatoms. The van der Waals surface area contributed by atoms with Crippen LogP contribution < -0.4 is 20.1 Å². The second-order valence-electron chi connectivity index (χ2n) is 5.39. The molecule has 0 fully saturated rings. The molecule has 134 valence electrons. The monoisotopic (exact) mass is 346 g/mol. The molecule has 0 aliphatic heterocycles. The maximum Gasteiger partial charge on any atom is 0.221 e. The third kappa shape index (κ3) is 6.81. The van der Waals surface area contributed by atoms with Crippen molar-refractivity contribution in [2.24, 2.45) is 0 Å². The van der Waals surface area contributed by atoms with Crippen LogP contribution in [0.2, 0.25) is 0 Å². The van der Waals surface area contributed by atoms with Crippen LogP contribution in [0.3, 0.4) is 0 Å². The van der Waals surface area contributed by atoms with Crippen molar-refractivity contribution in [1.29, 1.82) is 0 Å². The van der Waals surface area contributed by atoms with Gasteiger partial charge in [0.05, 0.1) is 7.11 Å². The fraction of sp³-hybridized carbons (Fsp3) is 0.316. The van der Waals surface area contributed by atoms with Gasteiger partial charge in [-0.3, -0.25) is 4.79 Å². The molecule has 2 rings (SSSR count). The Morgan fingerprint density at radius 2 is 1.76 bits per heavy atom. The zero-order valence-electron chi connectivity index (χ0n) is 14.3. The summed E-state index contributed by atoms with van der Waals surface area (Å²) in [6, 6.07) is 13.8. The lowest BCUT2D eigenvalue weighted by Crippen LogP contribution is -2.29. The highest BCUT2D eigenvalue weighted by Crippen LogP contribution is 2.16. The average Bonchev–Trinajstić information content (AvgIpc) is 2.64. The summed E-state index contributed by atoms with van der Waals surface area (Å²) in [5.41, 5.74) is 0.483. The van der Waals surface area contributed by atoms with E-state index < -0.39 is 0 Å². The van der Waals surface area contributed by atoms with Crippen molar-refractivity contribution < 1.29 is 18.7 Å². The van der Waals surface area contributed by atoms with E-state index in [9.17, 15) is 9.18 Å². The first-order valence-electron chi connectivity index (χ1n) is 8.16. The fourth-order valence-corrected chi connectivity index (χ4v) is 2.16. The summed E-state index contributed by atoms with van der Waals surface area (Å²) in [6.07, 6.45) is 0.330. The first-order chi connectivity index (χ1) is 12.2. The van der Waals surface area contributed by atoms with Gasteiger partial charge in [0.25, 0.3) is 0 Å². The minimum atomic E-state index is -0.309. The Bertz CT molecular complexity index is 662. The van der Waals surface area contributed by atoms with Gasteiger partial charge in [0.2, 0.25) is 5.91 Å². The van der Waals surface area contributed by atoms with Crippen LogP contribution in [0.4, 0.5) is 4.39 Å². The standard InChI is InChI=1S/C19H23FN2O3/c1-24-16-6-8-17(9-7-16)25-13-12-21-11-10-19(23)22-14-15-4-2-3-5-18(15)20/h2-9,21H,10-14H2,1H3,(H,22,23). The smallest absolute Gasteiger partial charge is 0.221 e. The van der Waals surface area contributed by atoms with Gasteiger partial charge in [-0.1, -0.05) is 18.2 Å². The molecule has 0 spiro atoms. The highest BCUT2D eigenvalue weighted by atomic mass is 19.1. The molecule has 2 aromatic rings. The van der Waals surface area contributed by atoms with Crippen molar-refractivity contribution in [3.8, 4) is 11.5 Å². The van der Waals surface area contributed by atoms with E-state index in [1.165, 1.54) is 6.07 Å². The van der Waals surface area contributed by atoms with Gasteiger partial charge in [-0.2, -0.15) is 0 Å². The Hall–Kier alpha value is -2.60. The number of carbonyl (C=O) groups excluding carboxylic acids is 1. The van der Waals surface area contributed by atoms with Crippen molar-refractivity contribution in [1.82, 2.24) is 10.6 Å². The molecule has 5 nitrogen and oxygen atoms in total. The molecule has 0 atom stereocenters. The van der Waals surface area contributed by atoms with Crippen LogP contribution in [0, 0.1) is 5.82 Å². The molecular weight excluding hydrogens is 323 g/mol. The summed E-state index contributed by atoms with van der Waals surface area (Å²) in [4.78, 5) is 11.7. The van der Waals surface area contributed by atoms with Crippen molar-refractivity contribution >= 4 is 5.91 Å². The molecule has 0 bridgehead atoms. The minimum absolute atomic E-state index is 0.119. The third-order valence-corrected chi connectivity index (χ3v) is 3.57. The number of benzene rings is 2. The first kappa shape index (κ1) is 18.7. The van der Waals surface area contributed by atoms with Gasteiger partial charge in [-0.15, -0.1) is 0 Å². The number of halogens is 1. The molecule has 0 heterocycles. The molecule has 0 radical (unpaired) electrons. The number of amides is 1. The molecule has 0 unspecified atom stereocenters. The van der Waals surface area contributed by atoms with Crippen LogP contribution >= 0.6 is 0 Å². The first-order valence-corrected chi connectivity index (χ1v) is 8.16. The van der Waals surface area contributed by atoms with Gasteiger partial charge >= 0.3 is 0 Å². The summed E-state index contributed by atoms with van der Waals surface area (Å²) >= 11 is 0. The number of nitrogens with one attached hydrogen (secondary N) is 2. The van der Waals surface area contributed by atoms with Crippen molar-refractivity contribution in [3.05, 3.63) is 59.9 Å². The second kappa shape index (κ2) is 10.3. The van der Waals surface area contributed by atoms with Crippen LogP contribution in [0.15, 0.2) is 48.5 Å². The maximum absolute atomic E-state index is 13.4. The molecule has 2 N–H and O–H groups in total. The number of hydrogen-bond acceptors (Lipinski definition) is 4. The lowest BCUT2D eigenvalue weighted by atomic mass is 10.2. The third-order valence-electron chi connectivity index (χ3n) is 3.57. The Labute approximate surface area is 147 Å². The SMILES string of the molecule is COc1ccc(OCCNCCC(=O)NCc2ccccc2F)cc1. The summed E-state index contributed by atoms with van der Waals surface area (Å²) in [6.45, 7) is 1.87. The Balaban J connectivity index is 1.53. The predicted octanol–water partition coefficient (Wildman–Crippen LogP) is 2.51. The summed E-state index contributed by atoms with van der Waals surface area (Å²) in [5.74, 6) is 1.13. The normalized spacial score (nSPS) is 10.3. The fourth-order valence-electron chi connectivity index (χ4n) is 2.16. The molecular formula is C19H23FN2O3. The zero-order chi connectivity index (χ0) is 17.9. The van der Waals surface area contributed by atoms with Gasteiger partial charge in [-0.25, -0.2) is 4.39 Å². The molecule has 1 amide bonds. The number of carbonyl (C=O) groups is 1. The van der Waals surface area contributed by atoms with E-state index in [1.54, 1.807) is 25.3 Å². The maximum atomic E-state index is 13.4. The average molecular weight is 346 g/mol. The molecule has 2 aromatic carbocycles. The van der Waals surface area contributed by atoms with Crippen molar-refractivity contribution in [3.63, 3.8) is 0 Å². The number of ether oxygens (including phenoxy) is 2. The lowest BCUT2D eigenvalue weighted by molar-refractivity contribution is -0.121. The Morgan fingerprint density at radius 1 is 1.04 bits per heavy atom. The van der Waals surface area contributed by atoms with Gasteiger partial charge in [-0.05, 0) is 30.3 Å². The number of rotatable bonds is 10. The Kier molecular flexibility index (Phi) is 7.72. The van der Waals surface area contributed by atoms with Crippen LogP contribution in [0.1, 0.15) is 12.0 Å². The number of methoxy groups -OCH3 is 1. The van der Waals surface area contributed by atoms with E-state index in [2.05, 4.69) is 10.6 Å². The van der Waals surface area contributed by atoms with Crippen LogP contribution in [0.5, 0.6) is 11.5 Å². The topological polar surface area (TPSA) is 59.6 Å². The van der Waals surface area contributed by atoms with Gasteiger partial charge < -0.3 is 20.1 Å². The largest absolute Gasteiger partial charge is 0.497 e. The van der Waals surface area contributed by atoms with E-state index in [4.69, 9.17) is 9.47 Å². The van der Waals surface area contributed by atoms with Gasteiger partial charge in [0, 0.05) is 31.6 Å². The molecule has 0 saturated heterocycles. The summed E-state index contributed by atoms with van der Waals surface area (Å²) in [7, 11) is 1.62. The van der Waals surface area contributed by atoms with Crippen LogP contribution in [-0.2, 0) is 11.3 Å². The van der Waals surface area contributed by atoms with Crippen molar-refractivity contribution in [2.75, 3.05) is 26.8 Å². The van der Waals surface area contributed by atoms with E-state index in [0.29, 0.717) is 31.7 Å².